The van der Waals surface area contributed by atoms with Crippen LogP contribution in [0.15, 0.2) is 36.7 Å². The Labute approximate surface area is 180 Å². The highest BCUT2D eigenvalue weighted by Gasteiger charge is 2.11. The molecule has 0 bridgehead atoms. The summed E-state index contributed by atoms with van der Waals surface area (Å²) in [4.78, 5) is 16.3. The third-order valence-corrected chi connectivity index (χ3v) is 5.20. The van der Waals surface area contributed by atoms with Gasteiger partial charge >= 0.3 is 0 Å². The van der Waals surface area contributed by atoms with Gasteiger partial charge in [0.05, 0.1) is 11.4 Å². The summed E-state index contributed by atoms with van der Waals surface area (Å²) in [5.74, 6) is 0.0362. The predicted octanol–water partition coefficient (Wildman–Crippen LogP) is 4.61. The second-order valence-electron chi connectivity index (χ2n) is 7.05. The zero-order chi connectivity index (χ0) is 21.7. The van der Waals surface area contributed by atoms with E-state index in [1.807, 2.05) is 6.92 Å². The van der Waals surface area contributed by atoms with E-state index in [9.17, 15) is 9.18 Å². The first-order chi connectivity index (χ1) is 14.4. The smallest absolute Gasteiger partial charge is 0.244 e. The first-order valence-electron chi connectivity index (χ1n) is 9.88. The van der Waals surface area contributed by atoms with Crippen LogP contribution in [0.25, 0.3) is 11.8 Å². The van der Waals surface area contributed by atoms with Crippen molar-refractivity contribution in [1.29, 1.82) is 0 Å². The van der Waals surface area contributed by atoms with Crippen molar-refractivity contribution in [3.63, 3.8) is 0 Å². The number of halogens is 2. The number of hydrogen-bond donors (Lipinski definition) is 1. The van der Waals surface area contributed by atoms with Gasteiger partial charge in [0.1, 0.15) is 16.8 Å². The quantitative estimate of drug-likeness (QED) is 0.532. The van der Waals surface area contributed by atoms with Crippen LogP contribution in [0.4, 0.5) is 4.39 Å². The molecule has 0 saturated heterocycles. The van der Waals surface area contributed by atoms with Crippen molar-refractivity contribution in [1.82, 2.24) is 24.6 Å². The number of nitrogens with zero attached hydrogens (tertiary/aromatic N) is 4. The Kier molecular flexibility index (Phi) is 7.05. The largest absolute Gasteiger partial charge is 0.348 e. The van der Waals surface area contributed by atoms with E-state index in [1.54, 1.807) is 46.8 Å². The van der Waals surface area contributed by atoms with Gasteiger partial charge in [-0.1, -0.05) is 31.0 Å². The molecule has 2 heterocycles. The number of amides is 1. The molecular formula is C22H25ClFN5O. The number of carbonyl (C=O) groups excluding carboxylic acids is 1. The first-order valence-corrected chi connectivity index (χ1v) is 10.3. The molecule has 0 fully saturated rings. The summed E-state index contributed by atoms with van der Waals surface area (Å²) in [5.41, 5.74) is 2.59. The molecule has 0 atom stereocenters. The maximum absolute atomic E-state index is 14.5. The molecule has 1 aromatic carbocycles. The van der Waals surface area contributed by atoms with E-state index in [-0.39, 0.29) is 18.3 Å². The van der Waals surface area contributed by atoms with Crippen LogP contribution in [0.2, 0.25) is 5.15 Å². The van der Waals surface area contributed by atoms with E-state index in [0.717, 1.165) is 30.6 Å². The van der Waals surface area contributed by atoms with Gasteiger partial charge in [0.25, 0.3) is 0 Å². The summed E-state index contributed by atoms with van der Waals surface area (Å²) >= 11 is 6.38. The normalized spacial score (nSPS) is 11.4. The van der Waals surface area contributed by atoms with Crippen LogP contribution in [0.5, 0.6) is 0 Å². The number of imidazole rings is 1. The second kappa shape index (κ2) is 9.71. The monoisotopic (exact) mass is 429 g/mol. The number of carbonyl (C=O) groups is 1. The molecule has 0 spiro atoms. The van der Waals surface area contributed by atoms with Gasteiger partial charge in [0.15, 0.2) is 0 Å². The number of aryl methyl sites for hydroxylation is 3. The number of unbranched alkanes of at least 4 members (excludes halogenated alkanes) is 1. The molecular weight excluding hydrogens is 405 g/mol. The molecule has 0 saturated carbocycles. The molecule has 0 unspecified atom stereocenters. The predicted molar refractivity (Wildman–Crippen MR) is 116 cm³/mol. The highest BCUT2D eigenvalue weighted by atomic mass is 35.5. The number of nitrogens with one attached hydrogen (secondary N) is 1. The molecule has 158 valence electrons. The Morgan fingerprint density at radius 3 is 2.80 bits per heavy atom. The lowest BCUT2D eigenvalue weighted by atomic mass is 10.2. The van der Waals surface area contributed by atoms with Crippen molar-refractivity contribution in [3.8, 4) is 5.69 Å². The fourth-order valence-corrected chi connectivity index (χ4v) is 3.43. The van der Waals surface area contributed by atoms with Crippen molar-refractivity contribution >= 4 is 23.6 Å². The van der Waals surface area contributed by atoms with Crippen molar-refractivity contribution in [3.05, 3.63) is 70.3 Å². The minimum atomic E-state index is -0.375. The maximum Gasteiger partial charge on any atom is 0.244 e. The molecule has 0 aliphatic heterocycles. The molecule has 3 rings (SSSR count). The topological polar surface area (TPSA) is 64.7 Å². The van der Waals surface area contributed by atoms with Crippen LogP contribution in [-0.4, -0.2) is 25.2 Å². The first kappa shape index (κ1) is 21.8. The van der Waals surface area contributed by atoms with Crippen LogP contribution < -0.4 is 5.32 Å². The molecule has 0 aliphatic rings. The molecule has 2 aromatic heterocycles. The lowest BCUT2D eigenvalue weighted by Crippen LogP contribution is -2.20. The summed E-state index contributed by atoms with van der Waals surface area (Å²) in [5, 5.41) is 7.70. The lowest BCUT2D eigenvalue weighted by molar-refractivity contribution is -0.116. The molecule has 1 amide bonds. The van der Waals surface area contributed by atoms with Crippen LogP contribution in [0.1, 0.15) is 42.4 Å². The molecule has 0 radical (unpaired) electrons. The fraction of sp³-hybridized carbons (Fsp3) is 0.318. The summed E-state index contributed by atoms with van der Waals surface area (Å²) in [6.07, 6.45) is 8.44. The minimum Gasteiger partial charge on any atom is -0.348 e. The van der Waals surface area contributed by atoms with E-state index in [0.29, 0.717) is 22.2 Å². The molecule has 8 heteroatoms. The third-order valence-electron chi connectivity index (χ3n) is 4.80. The van der Waals surface area contributed by atoms with Gasteiger partial charge in [0.2, 0.25) is 5.91 Å². The summed E-state index contributed by atoms with van der Waals surface area (Å²) in [6, 6.07) is 4.87. The molecule has 6 nitrogen and oxygen atoms in total. The highest BCUT2D eigenvalue weighted by Crippen LogP contribution is 2.22. The van der Waals surface area contributed by atoms with Crippen molar-refractivity contribution in [2.24, 2.45) is 0 Å². The van der Waals surface area contributed by atoms with Gasteiger partial charge in [-0.15, -0.1) is 0 Å². The van der Waals surface area contributed by atoms with E-state index < -0.39 is 0 Å². The lowest BCUT2D eigenvalue weighted by Gasteiger charge is -2.09. The van der Waals surface area contributed by atoms with Crippen molar-refractivity contribution in [2.45, 2.75) is 46.7 Å². The Balaban J connectivity index is 1.62. The third kappa shape index (κ3) is 4.97. The molecule has 30 heavy (non-hydrogen) atoms. The van der Waals surface area contributed by atoms with E-state index in [2.05, 4.69) is 22.3 Å². The van der Waals surface area contributed by atoms with E-state index >= 15 is 0 Å². The SMILES string of the molecule is CCCCn1nc(C)c(/C=C/C(=O)NCc2ccc(-n3ccnc3C)c(F)c2)c1Cl. The Morgan fingerprint density at radius 2 is 2.13 bits per heavy atom. The van der Waals surface area contributed by atoms with Gasteiger partial charge in [-0.05, 0) is 44.0 Å². The summed E-state index contributed by atoms with van der Waals surface area (Å²) < 4.78 is 17.9. The van der Waals surface area contributed by atoms with Crippen LogP contribution in [0, 0.1) is 19.7 Å². The van der Waals surface area contributed by atoms with Crippen molar-refractivity contribution < 1.29 is 9.18 Å². The number of benzene rings is 1. The Morgan fingerprint density at radius 1 is 1.33 bits per heavy atom. The van der Waals surface area contributed by atoms with Crippen molar-refractivity contribution in [2.75, 3.05) is 0 Å². The van der Waals surface area contributed by atoms with Crippen LogP contribution in [-0.2, 0) is 17.9 Å². The fourth-order valence-electron chi connectivity index (χ4n) is 3.11. The maximum atomic E-state index is 14.5. The van der Waals surface area contributed by atoms with Gasteiger partial charge in [0, 0.05) is 37.1 Å². The van der Waals surface area contributed by atoms with E-state index in [4.69, 9.17) is 11.6 Å². The minimum absolute atomic E-state index is 0.214. The van der Waals surface area contributed by atoms with Crippen LogP contribution >= 0.6 is 11.6 Å². The van der Waals surface area contributed by atoms with Crippen LogP contribution in [0.3, 0.4) is 0 Å². The van der Waals surface area contributed by atoms with Gasteiger partial charge in [-0.2, -0.15) is 5.10 Å². The standard InChI is InChI=1S/C22H25ClFN5O/c1-4-5-11-29-22(23)18(15(2)27-29)7-9-21(30)26-14-17-6-8-20(19(24)13-17)28-12-10-25-16(28)3/h6-10,12-13H,4-5,11,14H2,1-3H3,(H,26,30)/b9-7+. The summed E-state index contributed by atoms with van der Waals surface area (Å²) in [6.45, 7) is 6.73. The average molecular weight is 430 g/mol. The second-order valence-corrected chi connectivity index (χ2v) is 7.41. The Hall–Kier alpha value is -2.93. The summed E-state index contributed by atoms with van der Waals surface area (Å²) in [7, 11) is 0. The zero-order valence-electron chi connectivity index (χ0n) is 17.3. The Bertz CT molecular complexity index is 1070. The number of aromatic nitrogens is 4. The number of hydrogen-bond acceptors (Lipinski definition) is 3. The number of rotatable bonds is 8. The van der Waals surface area contributed by atoms with Gasteiger partial charge in [-0.25, -0.2) is 9.37 Å². The van der Waals surface area contributed by atoms with E-state index in [1.165, 1.54) is 12.1 Å². The van der Waals surface area contributed by atoms with Gasteiger partial charge < -0.3 is 9.88 Å². The average Bonchev–Trinajstić information content (AvgIpc) is 3.26. The molecule has 0 aliphatic carbocycles. The molecule has 1 N–H and O–H groups in total. The highest BCUT2D eigenvalue weighted by molar-refractivity contribution is 6.31. The van der Waals surface area contributed by atoms with Gasteiger partial charge in [-0.3, -0.25) is 9.48 Å². The molecule has 3 aromatic rings. The zero-order valence-corrected chi connectivity index (χ0v) is 18.1.